The van der Waals surface area contributed by atoms with Crippen LogP contribution in [0.4, 0.5) is 0 Å². The molecule has 7 nitrogen and oxygen atoms in total. The molecule has 1 aromatic carbocycles. The number of aromatic nitrogens is 2. The molecule has 0 saturated heterocycles. The van der Waals surface area contributed by atoms with Crippen molar-refractivity contribution in [2.75, 3.05) is 6.61 Å². The molecule has 0 bridgehead atoms. The summed E-state index contributed by atoms with van der Waals surface area (Å²) < 4.78 is 13.1. The third-order valence-electron chi connectivity index (χ3n) is 4.62. The van der Waals surface area contributed by atoms with E-state index in [0.717, 1.165) is 28.8 Å². The average molecular weight is 369 g/mol. The van der Waals surface area contributed by atoms with Gasteiger partial charge in [0.1, 0.15) is 11.3 Å². The number of rotatable bonds is 6. The van der Waals surface area contributed by atoms with Crippen molar-refractivity contribution in [3.63, 3.8) is 0 Å². The largest absolute Gasteiger partial charge is 0.483 e. The quantitative estimate of drug-likeness (QED) is 0.675. The molecule has 0 aliphatic rings. The van der Waals surface area contributed by atoms with Gasteiger partial charge in [0.05, 0.1) is 24.0 Å². The number of nitrogens with zero attached hydrogens (tertiary/aromatic N) is 2. The fourth-order valence-electron chi connectivity index (χ4n) is 2.97. The smallest absolute Gasteiger partial charge is 0.339 e. The van der Waals surface area contributed by atoms with Crippen LogP contribution in [-0.2, 0) is 17.9 Å². The van der Waals surface area contributed by atoms with Crippen molar-refractivity contribution in [1.82, 2.24) is 14.9 Å². The molecule has 1 N–H and O–H groups in total. The number of benzene rings is 1. The Morgan fingerprint density at radius 3 is 2.78 bits per heavy atom. The lowest BCUT2D eigenvalue weighted by molar-refractivity contribution is -0.123. The lowest BCUT2D eigenvalue weighted by atomic mass is 10.0. The highest BCUT2D eigenvalue weighted by atomic mass is 16.5. The third kappa shape index (κ3) is 3.86. The molecule has 142 valence electrons. The molecular formula is C20H23N3O4. The molecule has 0 spiro atoms. The van der Waals surface area contributed by atoms with Gasteiger partial charge in [-0.3, -0.25) is 4.79 Å². The Morgan fingerprint density at radius 2 is 2.04 bits per heavy atom. The van der Waals surface area contributed by atoms with E-state index < -0.39 is 0 Å². The van der Waals surface area contributed by atoms with E-state index in [9.17, 15) is 9.59 Å². The van der Waals surface area contributed by atoms with Crippen molar-refractivity contribution in [1.29, 1.82) is 0 Å². The first-order valence-electron chi connectivity index (χ1n) is 8.83. The lowest BCUT2D eigenvalue weighted by Crippen LogP contribution is -2.29. The molecule has 0 radical (unpaired) electrons. The van der Waals surface area contributed by atoms with Crippen LogP contribution in [0.1, 0.15) is 29.3 Å². The summed E-state index contributed by atoms with van der Waals surface area (Å²) in [5.74, 6) is 0.295. The maximum Gasteiger partial charge on any atom is 0.339 e. The highest BCUT2D eigenvalue weighted by Crippen LogP contribution is 2.30. The van der Waals surface area contributed by atoms with Gasteiger partial charge in [0.15, 0.2) is 6.61 Å². The zero-order valence-electron chi connectivity index (χ0n) is 16.0. The zero-order chi connectivity index (χ0) is 19.6. The first-order valence-corrected chi connectivity index (χ1v) is 8.83. The standard InChI is InChI=1S/C20H23N3O4/c1-5-23-11-21-8-15(23)9-22-18(24)10-26-16-6-12(2)7-17-19(16)13(3)14(4)20(25)27-17/h6-8,11H,5,9-10H2,1-4H3,(H,22,24). The number of fused-ring (bicyclic) bond motifs is 1. The molecule has 7 heteroatoms. The van der Waals surface area contributed by atoms with Gasteiger partial charge in [-0.25, -0.2) is 9.78 Å². The summed E-state index contributed by atoms with van der Waals surface area (Å²) in [6, 6.07) is 3.64. The highest BCUT2D eigenvalue weighted by Gasteiger charge is 2.14. The van der Waals surface area contributed by atoms with Gasteiger partial charge < -0.3 is 19.0 Å². The Labute approximate surface area is 157 Å². The van der Waals surface area contributed by atoms with Crippen LogP contribution in [0.25, 0.3) is 11.0 Å². The molecule has 0 aliphatic carbocycles. The van der Waals surface area contributed by atoms with Crippen LogP contribution >= 0.6 is 0 Å². The average Bonchev–Trinajstić information content (AvgIpc) is 3.09. The molecule has 0 saturated carbocycles. The Hall–Kier alpha value is -3.09. The molecule has 0 unspecified atom stereocenters. The number of hydrogen-bond donors (Lipinski definition) is 1. The van der Waals surface area contributed by atoms with Crippen LogP contribution < -0.4 is 15.7 Å². The molecule has 2 aromatic heterocycles. The van der Waals surface area contributed by atoms with Crippen molar-refractivity contribution in [3.05, 3.63) is 57.5 Å². The van der Waals surface area contributed by atoms with Gasteiger partial charge in [0.2, 0.25) is 0 Å². The monoisotopic (exact) mass is 369 g/mol. The zero-order valence-corrected chi connectivity index (χ0v) is 16.0. The second kappa shape index (κ2) is 7.65. The van der Waals surface area contributed by atoms with Gasteiger partial charge in [-0.15, -0.1) is 0 Å². The highest BCUT2D eigenvalue weighted by molar-refractivity contribution is 5.88. The summed E-state index contributed by atoms with van der Waals surface area (Å²) in [5, 5.41) is 3.55. The Bertz CT molecular complexity index is 1050. The summed E-state index contributed by atoms with van der Waals surface area (Å²) in [6.45, 7) is 8.51. The number of ether oxygens (including phenoxy) is 1. The normalized spacial score (nSPS) is 11.0. The maximum absolute atomic E-state index is 12.2. The first-order chi connectivity index (χ1) is 12.9. The summed E-state index contributed by atoms with van der Waals surface area (Å²) in [4.78, 5) is 28.2. The number of imidazole rings is 1. The van der Waals surface area contributed by atoms with Gasteiger partial charge in [-0.2, -0.15) is 0 Å². The number of carbonyl (C=O) groups excluding carboxylic acids is 1. The van der Waals surface area contributed by atoms with Crippen LogP contribution in [0.15, 0.2) is 33.9 Å². The Balaban J connectivity index is 1.75. The van der Waals surface area contributed by atoms with E-state index in [1.54, 1.807) is 25.5 Å². The van der Waals surface area contributed by atoms with E-state index in [1.807, 2.05) is 31.4 Å². The fraction of sp³-hybridized carbons (Fsp3) is 0.350. The lowest BCUT2D eigenvalue weighted by Gasteiger charge is -2.13. The predicted octanol–water partition coefficient (Wildman–Crippen LogP) is 2.63. The van der Waals surface area contributed by atoms with Crippen LogP contribution in [0.5, 0.6) is 5.75 Å². The van der Waals surface area contributed by atoms with Crippen molar-refractivity contribution in [2.45, 2.75) is 40.8 Å². The van der Waals surface area contributed by atoms with Gasteiger partial charge in [0, 0.05) is 18.3 Å². The molecule has 0 aliphatic heterocycles. The van der Waals surface area contributed by atoms with Crippen molar-refractivity contribution in [2.24, 2.45) is 0 Å². The summed E-state index contributed by atoms with van der Waals surface area (Å²) in [5.41, 5.74) is 3.25. The number of amides is 1. The van der Waals surface area contributed by atoms with Gasteiger partial charge in [-0.1, -0.05) is 0 Å². The fourth-order valence-corrected chi connectivity index (χ4v) is 2.97. The topological polar surface area (TPSA) is 86.4 Å². The molecule has 27 heavy (non-hydrogen) atoms. The summed E-state index contributed by atoms with van der Waals surface area (Å²) in [7, 11) is 0. The van der Waals surface area contributed by atoms with Crippen LogP contribution in [0.2, 0.25) is 0 Å². The molecule has 0 fully saturated rings. The number of aryl methyl sites for hydroxylation is 3. The first kappa shape index (κ1) is 18.7. The second-order valence-electron chi connectivity index (χ2n) is 6.51. The molecule has 3 rings (SSSR count). The minimum Gasteiger partial charge on any atom is -0.483 e. The Morgan fingerprint density at radius 1 is 1.26 bits per heavy atom. The number of nitrogens with one attached hydrogen (secondary N) is 1. The van der Waals surface area contributed by atoms with Crippen LogP contribution in [0, 0.1) is 20.8 Å². The van der Waals surface area contributed by atoms with Crippen molar-refractivity contribution in [3.8, 4) is 5.75 Å². The molecule has 3 aromatic rings. The minimum absolute atomic E-state index is 0.129. The SMILES string of the molecule is CCn1cncc1CNC(=O)COc1cc(C)cc2oc(=O)c(C)c(C)c12. The number of hydrogen-bond acceptors (Lipinski definition) is 5. The van der Waals surface area contributed by atoms with E-state index in [2.05, 4.69) is 10.3 Å². The van der Waals surface area contributed by atoms with Crippen molar-refractivity contribution >= 4 is 16.9 Å². The van der Waals surface area contributed by atoms with Crippen molar-refractivity contribution < 1.29 is 13.9 Å². The van der Waals surface area contributed by atoms with Crippen LogP contribution in [-0.4, -0.2) is 22.1 Å². The second-order valence-corrected chi connectivity index (χ2v) is 6.51. The summed E-state index contributed by atoms with van der Waals surface area (Å²) in [6.07, 6.45) is 3.46. The molecule has 0 atom stereocenters. The molecule has 1 amide bonds. The van der Waals surface area contributed by atoms with E-state index in [1.165, 1.54) is 0 Å². The van der Waals surface area contributed by atoms with E-state index >= 15 is 0 Å². The Kier molecular flexibility index (Phi) is 5.30. The minimum atomic E-state index is -0.359. The van der Waals surface area contributed by atoms with E-state index in [0.29, 0.717) is 23.4 Å². The van der Waals surface area contributed by atoms with Gasteiger partial charge in [0.25, 0.3) is 5.91 Å². The van der Waals surface area contributed by atoms with E-state index in [4.69, 9.17) is 9.15 Å². The summed E-state index contributed by atoms with van der Waals surface area (Å²) >= 11 is 0. The molecular weight excluding hydrogens is 346 g/mol. The molecule has 2 heterocycles. The van der Waals surface area contributed by atoms with Gasteiger partial charge >= 0.3 is 5.63 Å². The van der Waals surface area contributed by atoms with Crippen LogP contribution in [0.3, 0.4) is 0 Å². The predicted molar refractivity (Wildman–Crippen MR) is 102 cm³/mol. The number of carbonyl (C=O) groups is 1. The maximum atomic E-state index is 12.2. The third-order valence-corrected chi connectivity index (χ3v) is 4.62. The van der Waals surface area contributed by atoms with Gasteiger partial charge in [-0.05, 0) is 51.0 Å². The van der Waals surface area contributed by atoms with E-state index in [-0.39, 0.29) is 18.1 Å².